The van der Waals surface area contributed by atoms with Crippen LogP contribution in [0.1, 0.15) is 52.9 Å². The number of carbonyl (C=O) groups is 1. The highest BCUT2D eigenvalue weighted by Crippen LogP contribution is 2.87. The molecule has 3 aliphatic rings. The van der Waals surface area contributed by atoms with Crippen molar-refractivity contribution in [3.05, 3.63) is 12.2 Å². The molecule has 0 amide bonds. The van der Waals surface area contributed by atoms with Gasteiger partial charge in [0.15, 0.2) is 5.78 Å². The monoisotopic (exact) mass is 232 g/mol. The maximum Gasteiger partial charge on any atom is 0.158 e. The lowest BCUT2D eigenvalue weighted by Crippen LogP contribution is -2.48. The van der Waals surface area contributed by atoms with Gasteiger partial charge in [-0.05, 0) is 66.8 Å². The molecule has 94 valence electrons. The molecule has 0 aliphatic heterocycles. The van der Waals surface area contributed by atoms with Gasteiger partial charge >= 0.3 is 0 Å². The van der Waals surface area contributed by atoms with Crippen LogP contribution in [0, 0.1) is 28.6 Å². The lowest BCUT2D eigenvalue weighted by atomic mass is 9.52. The summed E-state index contributed by atoms with van der Waals surface area (Å²) in [7, 11) is 0. The van der Waals surface area contributed by atoms with E-state index in [0.717, 1.165) is 29.7 Å². The van der Waals surface area contributed by atoms with Crippen molar-refractivity contribution in [2.75, 3.05) is 0 Å². The Morgan fingerprint density at radius 3 is 2.65 bits per heavy atom. The van der Waals surface area contributed by atoms with Crippen molar-refractivity contribution in [3.8, 4) is 0 Å². The summed E-state index contributed by atoms with van der Waals surface area (Å²) >= 11 is 0. The molecular weight excluding hydrogens is 208 g/mol. The highest BCUT2D eigenvalue weighted by molar-refractivity contribution is 5.94. The van der Waals surface area contributed by atoms with E-state index in [1.165, 1.54) is 25.7 Å². The van der Waals surface area contributed by atoms with Crippen LogP contribution in [-0.2, 0) is 4.79 Å². The molecule has 3 fully saturated rings. The van der Waals surface area contributed by atoms with E-state index in [0.29, 0.717) is 16.6 Å². The molecule has 0 N–H and O–H groups in total. The molecular formula is C16H24O. The molecule has 0 aromatic heterocycles. The number of carbonyl (C=O) groups excluding carboxylic acids is 1. The van der Waals surface area contributed by atoms with E-state index in [4.69, 9.17) is 0 Å². The van der Waals surface area contributed by atoms with E-state index >= 15 is 0 Å². The molecule has 5 unspecified atom stereocenters. The second-order valence-electron chi connectivity index (χ2n) is 7.05. The van der Waals surface area contributed by atoms with E-state index in [1.54, 1.807) is 0 Å². The maximum absolute atomic E-state index is 12.0. The number of rotatable bonds is 4. The van der Waals surface area contributed by atoms with E-state index in [1.807, 2.05) is 6.92 Å². The minimum Gasteiger partial charge on any atom is -0.295 e. The highest BCUT2D eigenvalue weighted by atomic mass is 16.1. The van der Waals surface area contributed by atoms with Crippen LogP contribution in [0.4, 0.5) is 0 Å². The van der Waals surface area contributed by atoms with Gasteiger partial charge in [-0.3, -0.25) is 4.79 Å². The van der Waals surface area contributed by atoms with Crippen molar-refractivity contribution in [1.29, 1.82) is 0 Å². The summed E-state index contributed by atoms with van der Waals surface area (Å²) in [4.78, 5) is 12.0. The fraction of sp³-hybridized carbons (Fsp3) is 0.812. The van der Waals surface area contributed by atoms with Crippen LogP contribution in [0.25, 0.3) is 0 Å². The molecule has 3 aliphatic carbocycles. The lowest BCUT2D eigenvalue weighted by Gasteiger charge is -2.52. The Balaban J connectivity index is 1.82. The van der Waals surface area contributed by atoms with Crippen LogP contribution in [0.2, 0.25) is 0 Å². The predicted molar refractivity (Wildman–Crippen MR) is 69.6 cm³/mol. The van der Waals surface area contributed by atoms with Crippen molar-refractivity contribution in [3.63, 3.8) is 0 Å². The van der Waals surface area contributed by atoms with E-state index in [2.05, 4.69) is 20.4 Å². The molecule has 1 spiro atoms. The quantitative estimate of drug-likeness (QED) is 0.670. The smallest absolute Gasteiger partial charge is 0.158 e. The molecule has 3 saturated carbocycles. The topological polar surface area (TPSA) is 17.1 Å². The Hall–Kier alpha value is -0.590. The number of hydrogen-bond donors (Lipinski definition) is 0. The number of ketones is 1. The van der Waals surface area contributed by atoms with Crippen LogP contribution in [0.3, 0.4) is 0 Å². The Kier molecular flexibility index (Phi) is 2.19. The lowest BCUT2D eigenvalue weighted by molar-refractivity contribution is -0.125. The van der Waals surface area contributed by atoms with Crippen LogP contribution in [-0.4, -0.2) is 5.78 Å². The highest BCUT2D eigenvalue weighted by Gasteiger charge is 2.81. The van der Waals surface area contributed by atoms with Crippen molar-refractivity contribution in [1.82, 2.24) is 0 Å². The van der Waals surface area contributed by atoms with Gasteiger partial charge in [-0.2, -0.15) is 0 Å². The van der Waals surface area contributed by atoms with Crippen molar-refractivity contribution in [2.45, 2.75) is 52.9 Å². The fourth-order valence-corrected chi connectivity index (χ4v) is 5.49. The first kappa shape index (κ1) is 11.5. The summed E-state index contributed by atoms with van der Waals surface area (Å²) in [6.07, 6.45) is 6.19. The molecule has 0 bridgehead atoms. The molecule has 0 heterocycles. The third kappa shape index (κ3) is 1.23. The van der Waals surface area contributed by atoms with Gasteiger partial charge < -0.3 is 0 Å². The molecule has 5 atom stereocenters. The van der Waals surface area contributed by atoms with Gasteiger partial charge in [0.2, 0.25) is 0 Å². The van der Waals surface area contributed by atoms with E-state index in [-0.39, 0.29) is 0 Å². The maximum atomic E-state index is 12.0. The third-order valence-corrected chi connectivity index (χ3v) is 6.19. The van der Waals surface area contributed by atoms with Crippen LogP contribution < -0.4 is 0 Å². The van der Waals surface area contributed by atoms with Crippen LogP contribution in [0.5, 0.6) is 0 Å². The Morgan fingerprint density at radius 2 is 2.06 bits per heavy atom. The van der Waals surface area contributed by atoms with Crippen LogP contribution >= 0.6 is 0 Å². The third-order valence-electron chi connectivity index (χ3n) is 6.19. The van der Waals surface area contributed by atoms with Gasteiger partial charge in [0.05, 0.1) is 0 Å². The second kappa shape index (κ2) is 3.24. The number of hydrogen-bond acceptors (Lipinski definition) is 1. The van der Waals surface area contributed by atoms with Gasteiger partial charge in [0.25, 0.3) is 0 Å². The van der Waals surface area contributed by atoms with Gasteiger partial charge in [-0.1, -0.05) is 20.4 Å². The molecule has 1 nitrogen and oxygen atoms in total. The largest absolute Gasteiger partial charge is 0.295 e. The van der Waals surface area contributed by atoms with Gasteiger partial charge in [0.1, 0.15) is 0 Å². The first-order chi connectivity index (χ1) is 7.96. The van der Waals surface area contributed by atoms with Gasteiger partial charge in [0, 0.05) is 6.42 Å². The van der Waals surface area contributed by atoms with Crippen molar-refractivity contribution in [2.24, 2.45) is 28.6 Å². The summed E-state index contributed by atoms with van der Waals surface area (Å²) in [5.74, 6) is 2.92. The summed E-state index contributed by atoms with van der Waals surface area (Å²) in [6.45, 7) is 10.4. The molecule has 3 rings (SSSR count). The molecule has 17 heavy (non-hydrogen) atoms. The first-order valence-corrected chi connectivity index (χ1v) is 7.15. The average Bonchev–Trinajstić information content (AvgIpc) is 2.82. The Morgan fingerprint density at radius 1 is 1.35 bits per heavy atom. The minimum absolute atomic E-state index is 0.312. The van der Waals surface area contributed by atoms with Crippen LogP contribution in [0.15, 0.2) is 12.2 Å². The normalized spacial score (nSPS) is 50.2. The molecule has 0 radical (unpaired) electrons. The summed E-state index contributed by atoms with van der Waals surface area (Å²) in [6, 6.07) is 0. The second-order valence-corrected chi connectivity index (χ2v) is 7.05. The van der Waals surface area contributed by atoms with E-state index < -0.39 is 0 Å². The zero-order valence-electron chi connectivity index (χ0n) is 11.4. The van der Waals surface area contributed by atoms with Gasteiger partial charge in [-0.25, -0.2) is 0 Å². The zero-order chi connectivity index (χ0) is 12.4. The zero-order valence-corrected chi connectivity index (χ0v) is 11.4. The molecule has 1 heteroatoms. The SMILES string of the molecule is C=C(C)C(=O)CC1(CC)C2CC(C)CC23CC13. The summed E-state index contributed by atoms with van der Waals surface area (Å²) in [5.41, 5.74) is 1.81. The fourth-order valence-electron chi connectivity index (χ4n) is 5.49. The number of Topliss-reactive ketones (excluding diaryl/α,β-unsaturated/α-hetero) is 1. The summed E-state index contributed by atoms with van der Waals surface area (Å²) in [5, 5.41) is 0. The van der Waals surface area contributed by atoms with Crippen molar-refractivity contribution >= 4 is 5.78 Å². The van der Waals surface area contributed by atoms with E-state index in [9.17, 15) is 4.79 Å². The van der Waals surface area contributed by atoms with Gasteiger partial charge in [-0.15, -0.1) is 0 Å². The average molecular weight is 232 g/mol. The molecule has 0 aromatic carbocycles. The molecule has 0 aromatic rings. The summed E-state index contributed by atoms with van der Waals surface area (Å²) < 4.78 is 0. The first-order valence-electron chi connectivity index (χ1n) is 7.15. The number of allylic oxidation sites excluding steroid dienone is 1. The molecule has 0 saturated heterocycles. The predicted octanol–water partition coefficient (Wildman–Crippen LogP) is 3.98. The van der Waals surface area contributed by atoms with Crippen molar-refractivity contribution < 1.29 is 4.79 Å². The minimum atomic E-state index is 0.312. The standard InChI is InChI=1S/C16H24O/c1-5-15(8-12(17)10(2)3)13-6-11(4)7-16(13)9-14(15)16/h11,13-14H,2,5-9H2,1,3-4H3. The Labute approximate surface area is 105 Å². The Bertz CT molecular complexity index is 396.